The first-order chi connectivity index (χ1) is 8.27. The van der Waals surface area contributed by atoms with Gasteiger partial charge in [-0.1, -0.05) is 20.8 Å². The normalized spacial score (nSPS) is 26.1. The summed E-state index contributed by atoms with van der Waals surface area (Å²) in [4.78, 5) is 14.5. The molecule has 1 rings (SSSR count). The number of hydrogen-bond donors (Lipinski definition) is 0. The topological polar surface area (TPSA) is 20.3 Å². The number of hydrogen-bond acceptors (Lipinski definition) is 2. The Balaban J connectivity index is 2.61. The van der Waals surface area contributed by atoms with Crippen molar-refractivity contribution in [2.75, 3.05) is 13.6 Å². The van der Waals surface area contributed by atoms with Crippen molar-refractivity contribution in [2.45, 2.75) is 65.8 Å². The van der Waals surface area contributed by atoms with Gasteiger partial charge in [-0.2, -0.15) is 0 Å². The van der Waals surface area contributed by atoms with Crippen LogP contribution in [0.15, 0.2) is 0 Å². The van der Waals surface area contributed by atoms with Crippen LogP contribution in [-0.4, -0.2) is 29.8 Å². The summed E-state index contributed by atoms with van der Waals surface area (Å²) >= 11 is 0. The molecule has 0 aromatic carbocycles. The summed E-state index contributed by atoms with van der Waals surface area (Å²) in [6, 6.07) is 0. The highest BCUT2D eigenvalue weighted by Gasteiger charge is 2.33. The van der Waals surface area contributed by atoms with Crippen LogP contribution in [0.1, 0.15) is 60.3 Å². The van der Waals surface area contributed by atoms with Crippen LogP contribution in [0.2, 0.25) is 0 Å². The van der Waals surface area contributed by atoms with Crippen molar-refractivity contribution < 1.29 is 4.79 Å². The summed E-state index contributed by atoms with van der Waals surface area (Å²) < 4.78 is 0. The van der Waals surface area contributed by atoms with Crippen LogP contribution in [0.3, 0.4) is 0 Å². The molecular weight excluding hydrogens is 222 g/mol. The van der Waals surface area contributed by atoms with E-state index in [2.05, 4.69) is 46.6 Å². The Hall–Kier alpha value is -0.370. The van der Waals surface area contributed by atoms with E-state index in [1.54, 1.807) is 0 Å². The fraction of sp³-hybridized carbons (Fsp3) is 0.938. The van der Waals surface area contributed by atoms with Gasteiger partial charge in [-0.3, -0.25) is 4.79 Å². The molecule has 0 radical (unpaired) electrons. The Labute approximate surface area is 113 Å². The molecule has 0 aromatic heterocycles. The lowest BCUT2D eigenvalue weighted by Gasteiger charge is -2.39. The van der Waals surface area contributed by atoms with Gasteiger partial charge in [-0.25, -0.2) is 0 Å². The summed E-state index contributed by atoms with van der Waals surface area (Å²) in [6.45, 7) is 12.3. The van der Waals surface area contributed by atoms with E-state index in [1.807, 2.05) is 0 Å². The molecule has 0 bridgehead atoms. The lowest BCUT2D eigenvalue weighted by molar-refractivity contribution is -0.127. The van der Waals surface area contributed by atoms with E-state index in [-0.39, 0.29) is 11.5 Å². The second-order valence-electron chi connectivity index (χ2n) is 6.99. The maximum atomic E-state index is 12.1. The zero-order valence-electron chi connectivity index (χ0n) is 13.1. The number of Topliss-reactive ketones (excluding diaryl/α,β-unsaturated/α-hetero) is 1. The number of nitrogens with zero attached hydrogens (tertiary/aromatic N) is 1. The standard InChI is InChI=1S/C16H31NO/c1-7-16(4,5)17(6)11-14-10-13(12(2)3)8-9-15(14)18/h12-14H,7-11H2,1-6H3. The van der Waals surface area contributed by atoms with Crippen LogP contribution >= 0.6 is 0 Å². The van der Waals surface area contributed by atoms with Gasteiger partial charge in [0.05, 0.1) is 0 Å². The highest BCUT2D eigenvalue weighted by molar-refractivity contribution is 5.82. The fourth-order valence-corrected chi connectivity index (χ4v) is 2.78. The van der Waals surface area contributed by atoms with Crippen molar-refractivity contribution in [1.29, 1.82) is 0 Å². The van der Waals surface area contributed by atoms with Crippen molar-refractivity contribution in [2.24, 2.45) is 17.8 Å². The third kappa shape index (κ3) is 3.81. The summed E-state index contributed by atoms with van der Waals surface area (Å²) in [7, 11) is 2.16. The zero-order valence-corrected chi connectivity index (χ0v) is 13.1. The van der Waals surface area contributed by atoms with Gasteiger partial charge in [0.1, 0.15) is 5.78 Å². The largest absolute Gasteiger partial charge is 0.301 e. The highest BCUT2D eigenvalue weighted by Crippen LogP contribution is 2.33. The molecule has 0 amide bonds. The summed E-state index contributed by atoms with van der Waals surface area (Å²) in [5, 5.41) is 0. The Morgan fingerprint density at radius 3 is 2.50 bits per heavy atom. The minimum atomic E-state index is 0.199. The third-order valence-corrected chi connectivity index (χ3v) is 5.14. The predicted octanol–water partition coefficient (Wildman–Crippen LogP) is 3.75. The van der Waals surface area contributed by atoms with E-state index < -0.39 is 0 Å². The van der Waals surface area contributed by atoms with Gasteiger partial charge in [0, 0.05) is 24.4 Å². The molecular formula is C16H31NO. The van der Waals surface area contributed by atoms with E-state index >= 15 is 0 Å². The maximum Gasteiger partial charge on any atom is 0.137 e. The molecule has 106 valence electrons. The monoisotopic (exact) mass is 253 g/mol. The first kappa shape index (κ1) is 15.7. The number of ketones is 1. The molecule has 0 aromatic rings. The molecule has 0 aliphatic heterocycles. The summed E-state index contributed by atoms with van der Waals surface area (Å²) in [5.74, 6) is 2.21. The molecule has 2 unspecified atom stereocenters. The average Bonchev–Trinajstić information content (AvgIpc) is 2.31. The van der Waals surface area contributed by atoms with Gasteiger partial charge >= 0.3 is 0 Å². The SMILES string of the molecule is CCC(C)(C)N(C)CC1CC(C(C)C)CCC1=O. The second kappa shape index (κ2) is 6.18. The Morgan fingerprint density at radius 1 is 1.39 bits per heavy atom. The van der Waals surface area contributed by atoms with E-state index in [9.17, 15) is 4.79 Å². The van der Waals surface area contributed by atoms with Crippen LogP contribution in [0, 0.1) is 17.8 Å². The van der Waals surface area contributed by atoms with Crippen molar-refractivity contribution in [1.82, 2.24) is 4.90 Å². The van der Waals surface area contributed by atoms with Crippen LogP contribution < -0.4 is 0 Å². The first-order valence-corrected chi connectivity index (χ1v) is 7.52. The van der Waals surface area contributed by atoms with Crippen LogP contribution in [0.25, 0.3) is 0 Å². The summed E-state index contributed by atoms with van der Waals surface area (Å²) in [6.07, 6.45) is 4.13. The lowest BCUT2D eigenvalue weighted by Crippen LogP contribution is -2.45. The van der Waals surface area contributed by atoms with Gasteiger partial charge in [-0.15, -0.1) is 0 Å². The predicted molar refractivity (Wildman–Crippen MR) is 77.7 cm³/mol. The van der Waals surface area contributed by atoms with E-state index in [0.29, 0.717) is 11.7 Å². The quantitative estimate of drug-likeness (QED) is 0.744. The number of carbonyl (C=O) groups excluding carboxylic acids is 1. The highest BCUT2D eigenvalue weighted by atomic mass is 16.1. The number of rotatable bonds is 5. The third-order valence-electron chi connectivity index (χ3n) is 5.14. The minimum Gasteiger partial charge on any atom is -0.301 e. The molecule has 18 heavy (non-hydrogen) atoms. The lowest BCUT2D eigenvalue weighted by atomic mass is 9.75. The molecule has 0 saturated heterocycles. The van der Waals surface area contributed by atoms with Crippen LogP contribution in [0.4, 0.5) is 0 Å². The van der Waals surface area contributed by atoms with Gasteiger partial charge in [0.15, 0.2) is 0 Å². The van der Waals surface area contributed by atoms with Gasteiger partial charge in [0.25, 0.3) is 0 Å². The molecule has 0 N–H and O–H groups in total. The van der Waals surface area contributed by atoms with Crippen molar-refractivity contribution in [3.05, 3.63) is 0 Å². The molecule has 2 heteroatoms. The maximum absolute atomic E-state index is 12.1. The van der Waals surface area contributed by atoms with Crippen LogP contribution in [-0.2, 0) is 4.79 Å². The molecule has 1 aliphatic carbocycles. The minimum absolute atomic E-state index is 0.199. The Morgan fingerprint density at radius 2 is 2.00 bits per heavy atom. The van der Waals surface area contributed by atoms with E-state index in [1.165, 1.54) is 0 Å². The first-order valence-electron chi connectivity index (χ1n) is 7.52. The molecule has 1 fully saturated rings. The average molecular weight is 253 g/mol. The van der Waals surface area contributed by atoms with Crippen LogP contribution in [0.5, 0.6) is 0 Å². The van der Waals surface area contributed by atoms with Crippen molar-refractivity contribution in [3.8, 4) is 0 Å². The molecule has 2 atom stereocenters. The van der Waals surface area contributed by atoms with Gasteiger partial charge in [-0.05, 0) is 52.0 Å². The fourth-order valence-electron chi connectivity index (χ4n) is 2.78. The summed E-state index contributed by atoms with van der Waals surface area (Å²) in [5.41, 5.74) is 0.199. The van der Waals surface area contributed by atoms with Crippen molar-refractivity contribution in [3.63, 3.8) is 0 Å². The van der Waals surface area contributed by atoms with Crippen molar-refractivity contribution >= 4 is 5.78 Å². The van der Waals surface area contributed by atoms with Gasteiger partial charge in [0.2, 0.25) is 0 Å². The molecule has 1 aliphatic rings. The Kier molecular flexibility index (Phi) is 5.39. The molecule has 2 nitrogen and oxygen atoms in total. The van der Waals surface area contributed by atoms with E-state index in [4.69, 9.17) is 0 Å². The second-order valence-corrected chi connectivity index (χ2v) is 6.99. The molecule has 0 spiro atoms. The molecule has 0 heterocycles. The Bertz CT molecular complexity index is 283. The smallest absolute Gasteiger partial charge is 0.137 e. The van der Waals surface area contributed by atoms with E-state index in [0.717, 1.165) is 38.1 Å². The zero-order chi connectivity index (χ0) is 13.9. The molecule has 1 saturated carbocycles. The number of carbonyl (C=O) groups is 1. The van der Waals surface area contributed by atoms with Gasteiger partial charge < -0.3 is 4.90 Å².